The second-order valence-corrected chi connectivity index (χ2v) is 4.30. The van der Waals surface area contributed by atoms with Gasteiger partial charge in [-0.15, -0.1) is 0 Å². The van der Waals surface area contributed by atoms with Gasteiger partial charge >= 0.3 is 0 Å². The van der Waals surface area contributed by atoms with Crippen molar-refractivity contribution in [3.8, 4) is 0 Å². The molecule has 0 saturated heterocycles. The fourth-order valence-electron chi connectivity index (χ4n) is 1.64. The molecule has 5 heteroatoms. The zero-order chi connectivity index (χ0) is 13.8. The maximum Gasteiger partial charge on any atom is 0.291 e. The Hall–Kier alpha value is -2.40. The standard InChI is InChI=1S/C14H16N4O/c1-17(2)11-6-8-12(9-7-11)18(15)14(19)13-5-3-4-10-16-13/h3-10H,15H2,1-2H3. The quantitative estimate of drug-likeness (QED) is 0.515. The lowest BCUT2D eigenvalue weighted by molar-refractivity contribution is 0.0982. The van der Waals surface area contributed by atoms with Crippen LogP contribution in [0.2, 0.25) is 0 Å². The van der Waals surface area contributed by atoms with Gasteiger partial charge in [0.05, 0.1) is 5.69 Å². The topological polar surface area (TPSA) is 62.5 Å². The Balaban J connectivity index is 2.20. The van der Waals surface area contributed by atoms with E-state index in [4.69, 9.17) is 5.84 Å². The first-order valence-electron chi connectivity index (χ1n) is 5.87. The first kappa shape index (κ1) is 13.0. The van der Waals surface area contributed by atoms with Crippen LogP contribution < -0.4 is 15.8 Å². The summed E-state index contributed by atoms with van der Waals surface area (Å²) in [4.78, 5) is 18.1. The van der Waals surface area contributed by atoms with Gasteiger partial charge in [0.25, 0.3) is 5.91 Å². The highest BCUT2D eigenvalue weighted by Crippen LogP contribution is 2.18. The Morgan fingerprint density at radius 2 is 1.68 bits per heavy atom. The Labute approximate surface area is 112 Å². The second kappa shape index (κ2) is 5.49. The molecule has 0 unspecified atom stereocenters. The summed E-state index contributed by atoms with van der Waals surface area (Å²) in [6, 6.07) is 12.6. The van der Waals surface area contributed by atoms with E-state index in [2.05, 4.69) is 4.98 Å². The van der Waals surface area contributed by atoms with E-state index in [0.29, 0.717) is 11.4 Å². The molecule has 19 heavy (non-hydrogen) atoms. The van der Waals surface area contributed by atoms with Crippen LogP contribution in [-0.4, -0.2) is 25.0 Å². The van der Waals surface area contributed by atoms with Gasteiger partial charge in [-0.1, -0.05) is 6.07 Å². The molecular weight excluding hydrogens is 240 g/mol. The van der Waals surface area contributed by atoms with Crippen molar-refractivity contribution in [2.75, 3.05) is 24.0 Å². The number of benzene rings is 1. The van der Waals surface area contributed by atoms with Gasteiger partial charge in [0.1, 0.15) is 5.69 Å². The lowest BCUT2D eigenvalue weighted by Crippen LogP contribution is -2.37. The minimum atomic E-state index is -0.335. The van der Waals surface area contributed by atoms with Crippen molar-refractivity contribution in [3.05, 3.63) is 54.4 Å². The zero-order valence-corrected chi connectivity index (χ0v) is 10.9. The molecule has 2 rings (SSSR count). The first-order valence-corrected chi connectivity index (χ1v) is 5.87. The predicted molar refractivity (Wildman–Crippen MR) is 76.0 cm³/mol. The molecule has 1 heterocycles. The third-order valence-electron chi connectivity index (χ3n) is 2.75. The van der Waals surface area contributed by atoms with Crippen LogP contribution in [0.15, 0.2) is 48.7 Å². The monoisotopic (exact) mass is 256 g/mol. The summed E-state index contributed by atoms with van der Waals surface area (Å²) in [5.74, 6) is 5.49. The average molecular weight is 256 g/mol. The number of nitrogens with two attached hydrogens (primary N) is 1. The summed E-state index contributed by atoms with van der Waals surface area (Å²) < 4.78 is 0. The first-order chi connectivity index (χ1) is 9.09. The number of rotatable bonds is 3. The van der Waals surface area contributed by atoms with Crippen LogP contribution in [-0.2, 0) is 0 Å². The fraction of sp³-hybridized carbons (Fsp3) is 0.143. The Bertz CT molecular complexity index is 551. The Kier molecular flexibility index (Phi) is 3.77. The Morgan fingerprint density at radius 1 is 1.05 bits per heavy atom. The molecule has 0 fully saturated rings. The number of carbonyl (C=O) groups excluding carboxylic acids is 1. The lowest BCUT2D eigenvalue weighted by atomic mass is 10.2. The minimum absolute atomic E-state index is 0.321. The van der Waals surface area contributed by atoms with E-state index < -0.39 is 0 Å². The predicted octanol–water partition coefficient (Wildman–Crippen LogP) is 1.67. The summed E-state index contributed by atoms with van der Waals surface area (Å²) in [7, 11) is 3.91. The van der Waals surface area contributed by atoms with E-state index in [1.807, 2.05) is 31.1 Å². The van der Waals surface area contributed by atoms with Crippen molar-refractivity contribution in [2.24, 2.45) is 5.84 Å². The van der Waals surface area contributed by atoms with Crippen LogP contribution >= 0.6 is 0 Å². The van der Waals surface area contributed by atoms with Gasteiger partial charge in [-0.05, 0) is 36.4 Å². The minimum Gasteiger partial charge on any atom is -0.378 e. The molecule has 5 nitrogen and oxygen atoms in total. The third-order valence-corrected chi connectivity index (χ3v) is 2.75. The fourth-order valence-corrected chi connectivity index (χ4v) is 1.64. The zero-order valence-electron chi connectivity index (χ0n) is 10.9. The molecule has 1 aromatic heterocycles. The maximum atomic E-state index is 12.1. The number of aromatic nitrogens is 1. The smallest absolute Gasteiger partial charge is 0.291 e. The molecule has 1 amide bonds. The van der Waals surface area contributed by atoms with Crippen LogP contribution in [0.5, 0.6) is 0 Å². The maximum absolute atomic E-state index is 12.1. The molecule has 0 atom stereocenters. The van der Waals surface area contributed by atoms with Gasteiger partial charge < -0.3 is 4.90 Å². The summed E-state index contributed by atoms with van der Waals surface area (Å²) in [6.07, 6.45) is 1.57. The number of pyridine rings is 1. The third kappa shape index (κ3) is 2.89. The van der Waals surface area contributed by atoms with Gasteiger partial charge in [0.2, 0.25) is 0 Å². The molecule has 0 aliphatic carbocycles. The van der Waals surface area contributed by atoms with Crippen molar-refractivity contribution < 1.29 is 4.79 Å². The highest BCUT2D eigenvalue weighted by atomic mass is 16.2. The SMILES string of the molecule is CN(C)c1ccc(N(N)C(=O)c2ccccn2)cc1. The van der Waals surface area contributed by atoms with Gasteiger partial charge in [0, 0.05) is 26.0 Å². The molecule has 0 saturated carbocycles. The molecule has 2 N–H and O–H groups in total. The van der Waals surface area contributed by atoms with E-state index in [-0.39, 0.29) is 5.91 Å². The van der Waals surface area contributed by atoms with Crippen molar-refractivity contribution in [1.82, 2.24) is 4.98 Å². The molecule has 98 valence electrons. The number of amides is 1. The van der Waals surface area contributed by atoms with Gasteiger partial charge in [-0.2, -0.15) is 0 Å². The van der Waals surface area contributed by atoms with Crippen molar-refractivity contribution >= 4 is 17.3 Å². The van der Waals surface area contributed by atoms with Crippen LogP contribution in [0.4, 0.5) is 11.4 Å². The summed E-state index contributed by atoms with van der Waals surface area (Å²) in [6.45, 7) is 0. The highest BCUT2D eigenvalue weighted by molar-refractivity contribution is 6.03. The normalized spacial score (nSPS) is 10.1. The van der Waals surface area contributed by atoms with Gasteiger partial charge in [-0.25, -0.2) is 10.9 Å². The average Bonchev–Trinajstić information content (AvgIpc) is 2.46. The van der Waals surface area contributed by atoms with Gasteiger partial charge in [-0.3, -0.25) is 9.78 Å². The van der Waals surface area contributed by atoms with E-state index in [0.717, 1.165) is 10.7 Å². The number of hydrogen-bond donors (Lipinski definition) is 1. The highest BCUT2D eigenvalue weighted by Gasteiger charge is 2.15. The molecule has 0 aliphatic rings. The Morgan fingerprint density at radius 3 is 2.21 bits per heavy atom. The number of nitrogens with zero attached hydrogens (tertiary/aromatic N) is 3. The van der Waals surface area contributed by atoms with Crippen LogP contribution in [0.3, 0.4) is 0 Å². The molecule has 0 aliphatic heterocycles. The molecule has 0 bridgehead atoms. The van der Waals surface area contributed by atoms with Crippen LogP contribution in [0, 0.1) is 0 Å². The largest absolute Gasteiger partial charge is 0.378 e. The number of carbonyl (C=O) groups is 1. The van der Waals surface area contributed by atoms with Crippen molar-refractivity contribution in [3.63, 3.8) is 0 Å². The molecule has 2 aromatic rings. The van der Waals surface area contributed by atoms with Crippen LogP contribution in [0.25, 0.3) is 0 Å². The van der Waals surface area contributed by atoms with Crippen LogP contribution in [0.1, 0.15) is 10.5 Å². The van der Waals surface area contributed by atoms with E-state index in [1.165, 1.54) is 0 Å². The molecule has 1 aromatic carbocycles. The van der Waals surface area contributed by atoms with Crippen molar-refractivity contribution in [2.45, 2.75) is 0 Å². The van der Waals surface area contributed by atoms with E-state index in [9.17, 15) is 4.79 Å². The molecule has 0 radical (unpaired) electrons. The summed E-state index contributed by atoms with van der Waals surface area (Å²) in [5, 5.41) is 1.10. The van der Waals surface area contributed by atoms with E-state index in [1.54, 1.807) is 36.5 Å². The molecule has 0 spiro atoms. The number of anilines is 2. The van der Waals surface area contributed by atoms with Crippen molar-refractivity contribution in [1.29, 1.82) is 0 Å². The van der Waals surface area contributed by atoms with Gasteiger partial charge in [0.15, 0.2) is 0 Å². The van der Waals surface area contributed by atoms with E-state index >= 15 is 0 Å². The number of hydrogen-bond acceptors (Lipinski definition) is 4. The second-order valence-electron chi connectivity index (χ2n) is 4.30. The number of hydrazine groups is 1. The lowest BCUT2D eigenvalue weighted by Gasteiger charge is -2.18. The molecular formula is C14H16N4O. The summed E-state index contributed by atoms with van der Waals surface area (Å²) >= 11 is 0. The summed E-state index contributed by atoms with van der Waals surface area (Å²) in [5.41, 5.74) is 1.99.